The molecule has 1 saturated heterocycles. The second-order valence-electron chi connectivity index (χ2n) is 4.75. The van der Waals surface area contributed by atoms with Crippen molar-refractivity contribution in [2.75, 3.05) is 24.3 Å². The lowest BCUT2D eigenvalue weighted by atomic mass is 10.1. The average molecular weight is 285 g/mol. The molecule has 1 aromatic carbocycles. The molecule has 18 heavy (non-hydrogen) atoms. The lowest BCUT2D eigenvalue weighted by molar-refractivity contribution is 0.521. The van der Waals surface area contributed by atoms with Crippen LogP contribution in [-0.4, -0.2) is 32.7 Å². The third-order valence-electron chi connectivity index (χ3n) is 3.25. The van der Waals surface area contributed by atoms with Crippen LogP contribution in [-0.2, 0) is 16.4 Å². The maximum Gasteiger partial charge on any atom is 0.150 e. The largest absolute Gasteiger partial charge is 0.312 e. The van der Waals surface area contributed by atoms with Gasteiger partial charge in [-0.05, 0) is 42.8 Å². The molecule has 1 N–H and O–H groups in total. The Hall–Kier alpha value is -0.520. The summed E-state index contributed by atoms with van der Waals surface area (Å²) in [4.78, 5) is 1.26. The molecule has 0 aromatic heterocycles. The van der Waals surface area contributed by atoms with Gasteiger partial charge in [0.05, 0.1) is 11.5 Å². The van der Waals surface area contributed by atoms with E-state index in [1.165, 1.54) is 10.5 Å². The molecule has 1 heterocycles. The zero-order chi connectivity index (χ0) is 13.0. The van der Waals surface area contributed by atoms with Gasteiger partial charge >= 0.3 is 0 Å². The second-order valence-corrected chi connectivity index (χ2v) is 7.86. The zero-order valence-corrected chi connectivity index (χ0v) is 12.2. The van der Waals surface area contributed by atoms with Crippen LogP contribution in [0, 0.1) is 5.92 Å². The molecule has 5 heteroatoms. The average Bonchev–Trinajstić information content (AvgIpc) is 2.70. The Morgan fingerprint density at radius 2 is 2.06 bits per heavy atom. The van der Waals surface area contributed by atoms with Gasteiger partial charge in [-0.25, -0.2) is 8.42 Å². The highest BCUT2D eigenvalue weighted by Crippen LogP contribution is 2.18. The molecule has 1 aliphatic heterocycles. The topological polar surface area (TPSA) is 46.2 Å². The minimum Gasteiger partial charge on any atom is -0.312 e. The fourth-order valence-corrected chi connectivity index (χ4v) is 4.47. The maximum atomic E-state index is 11.3. The Bertz CT molecular complexity index is 482. The van der Waals surface area contributed by atoms with E-state index in [9.17, 15) is 8.42 Å². The Balaban J connectivity index is 1.75. The lowest BCUT2D eigenvalue weighted by Gasteiger charge is -2.09. The van der Waals surface area contributed by atoms with Gasteiger partial charge in [0.25, 0.3) is 0 Å². The van der Waals surface area contributed by atoms with Crippen LogP contribution in [0.1, 0.15) is 12.0 Å². The van der Waals surface area contributed by atoms with Crippen LogP contribution in [0.3, 0.4) is 0 Å². The molecule has 2 rings (SSSR count). The summed E-state index contributed by atoms with van der Waals surface area (Å²) in [5.41, 5.74) is 1.24. The van der Waals surface area contributed by atoms with Crippen LogP contribution < -0.4 is 5.32 Å². The highest BCUT2D eigenvalue weighted by atomic mass is 32.2. The van der Waals surface area contributed by atoms with Crippen molar-refractivity contribution in [3.63, 3.8) is 0 Å². The Morgan fingerprint density at radius 3 is 2.61 bits per heavy atom. The predicted octanol–water partition coefficient (Wildman–Crippen LogP) is 1.93. The smallest absolute Gasteiger partial charge is 0.150 e. The van der Waals surface area contributed by atoms with Crippen LogP contribution in [0.15, 0.2) is 29.2 Å². The third-order valence-corrected chi connectivity index (χ3v) is 5.83. The summed E-state index contributed by atoms with van der Waals surface area (Å²) >= 11 is 1.73. The molecule has 100 valence electrons. The SMILES string of the molecule is CSc1ccc(CNCC2CCS(=O)(=O)C2)cc1. The van der Waals surface area contributed by atoms with Crippen molar-refractivity contribution in [2.45, 2.75) is 17.9 Å². The Morgan fingerprint density at radius 1 is 1.33 bits per heavy atom. The third kappa shape index (κ3) is 4.00. The van der Waals surface area contributed by atoms with Gasteiger partial charge in [-0.3, -0.25) is 0 Å². The fourth-order valence-electron chi connectivity index (χ4n) is 2.20. The molecule has 3 nitrogen and oxygen atoms in total. The molecule has 0 saturated carbocycles. The summed E-state index contributed by atoms with van der Waals surface area (Å²) in [6.07, 6.45) is 2.87. The molecule has 1 atom stereocenters. The van der Waals surface area contributed by atoms with Crippen molar-refractivity contribution in [3.05, 3.63) is 29.8 Å². The van der Waals surface area contributed by atoms with Crippen LogP contribution >= 0.6 is 11.8 Å². The van der Waals surface area contributed by atoms with Gasteiger partial charge in [0.2, 0.25) is 0 Å². The number of rotatable bonds is 5. The molecular formula is C13H19NO2S2. The van der Waals surface area contributed by atoms with E-state index < -0.39 is 9.84 Å². The van der Waals surface area contributed by atoms with E-state index in [-0.39, 0.29) is 0 Å². The van der Waals surface area contributed by atoms with E-state index >= 15 is 0 Å². The van der Waals surface area contributed by atoms with Crippen LogP contribution in [0.2, 0.25) is 0 Å². The maximum absolute atomic E-state index is 11.3. The molecule has 0 amide bonds. The van der Waals surface area contributed by atoms with Gasteiger partial charge in [-0.2, -0.15) is 0 Å². The van der Waals surface area contributed by atoms with Crippen molar-refractivity contribution in [2.24, 2.45) is 5.92 Å². The van der Waals surface area contributed by atoms with E-state index in [1.807, 2.05) is 0 Å². The molecule has 0 spiro atoms. The monoisotopic (exact) mass is 285 g/mol. The van der Waals surface area contributed by atoms with Crippen molar-refractivity contribution in [1.82, 2.24) is 5.32 Å². The van der Waals surface area contributed by atoms with Gasteiger partial charge in [-0.1, -0.05) is 12.1 Å². The van der Waals surface area contributed by atoms with Crippen LogP contribution in [0.4, 0.5) is 0 Å². The van der Waals surface area contributed by atoms with Crippen LogP contribution in [0.25, 0.3) is 0 Å². The van der Waals surface area contributed by atoms with E-state index in [2.05, 4.69) is 35.8 Å². The number of benzene rings is 1. The first-order valence-electron chi connectivity index (χ1n) is 6.13. The first kappa shape index (κ1) is 13.9. The Kier molecular flexibility index (Phi) is 4.70. The van der Waals surface area contributed by atoms with E-state index in [4.69, 9.17) is 0 Å². The Labute approximate surface area is 113 Å². The summed E-state index contributed by atoms with van der Waals surface area (Å²) < 4.78 is 22.6. The fraction of sp³-hybridized carbons (Fsp3) is 0.538. The van der Waals surface area contributed by atoms with Crippen molar-refractivity contribution < 1.29 is 8.42 Å². The van der Waals surface area contributed by atoms with Crippen LogP contribution in [0.5, 0.6) is 0 Å². The minimum atomic E-state index is -2.74. The molecule has 0 bridgehead atoms. The van der Waals surface area contributed by atoms with E-state index in [0.29, 0.717) is 17.4 Å². The zero-order valence-electron chi connectivity index (χ0n) is 10.6. The van der Waals surface area contributed by atoms with Crippen molar-refractivity contribution >= 4 is 21.6 Å². The summed E-state index contributed by atoms with van der Waals surface area (Å²) in [5, 5.41) is 3.35. The minimum absolute atomic E-state index is 0.292. The molecule has 1 aliphatic rings. The van der Waals surface area contributed by atoms with Gasteiger partial charge in [-0.15, -0.1) is 11.8 Å². The number of thioether (sulfide) groups is 1. The molecule has 1 fully saturated rings. The standard InChI is InChI=1S/C13H19NO2S2/c1-17-13-4-2-11(3-5-13)8-14-9-12-6-7-18(15,16)10-12/h2-5,12,14H,6-10H2,1H3. The number of nitrogens with one attached hydrogen (secondary N) is 1. The highest BCUT2D eigenvalue weighted by Gasteiger charge is 2.27. The lowest BCUT2D eigenvalue weighted by Crippen LogP contribution is -2.23. The van der Waals surface area contributed by atoms with E-state index in [0.717, 1.165) is 19.5 Å². The van der Waals surface area contributed by atoms with E-state index in [1.54, 1.807) is 11.8 Å². The second kappa shape index (κ2) is 6.08. The first-order valence-corrected chi connectivity index (χ1v) is 9.18. The molecule has 1 unspecified atom stereocenters. The first-order chi connectivity index (χ1) is 8.59. The normalized spacial score (nSPS) is 22.2. The number of sulfone groups is 1. The quantitative estimate of drug-likeness (QED) is 0.840. The predicted molar refractivity (Wildman–Crippen MR) is 76.7 cm³/mol. The summed E-state index contributed by atoms with van der Waals surface area (Å²) in [6.45, 7) is 1.61. The van der Waals surface area contributed by atoms with Crippen molar-refractivity contribution in [1.29, 1.82) is 0 Å². The summed E-state index contributed by atoms with van der Waals surface area (Å²) in [7, 11) is -2.74. The number of hydrogen-bond acceptors (Lipinski definition) is 4. The molecule has 1 aromatic rings. The molecule has 0 radical (unpaired) electrons. The van der Waals surface area contributed by atoms with Gasteiger partial charge in [0.1, 0.15) is 0 Å². The highest BCUT2D eigenvalue weighted by molar-refractivity contribution is 7.98. The summed E-state index contributed by atoms with van der Waals surface area (Å²) in [5.74, 6) is 1.01. The van der Waals surface area contributed by atoms with Gasteiger partial charge in [0, 0.05) is 11.4 Å². The molecular weight excluding hydrogens is 266 g/mol. The van der Waals surface area contributed by atoms with Crippen molar-refractivity contribution in [3.8, 4) is 0 Å². The van der Waals surface area contributed by atoms with Gasteiger partial charge < -0.3 is 5.32 Å². The number of hydrogen-bond donors (Lipinski definition) is 1. The van der Waals surface area contributed by atoms with Gasteiger partial charge in [0.15, 0.2) is 9.84 Å². The summed E-state index contributed by atoms with van der Waals surface area (Å²) in [6, 6.07) is 8.46. The molecule has 0 aliphatic carbocycles.